The zero-order valence-corrected chi connectivity index (χ0v) is 11.9. The second-order valence-corrected chi connectivity index (χ2v) is 5.06. The van der Waals surface area contributed by atoms with Crippen molar-refractivity contribution in [1.82, 2.24) is 4.90 Å². The van der Waals surface area contributed by atoms with Gasteiger partial charge in [-0.1, -0.05) is 0 Å². The van der Waals surface area contributed by atoms with Crippen LogP contribution in [0.15, 0.2) is 24.3 Å². The molecule has 1 aromatic rings. The molecule has 0 unspecified atom stereocenters. The molecule has 0 amide bonds. The molecule has 110 valence electrons. The highest BCUT2D eigenvalue weighted by Gasteiger charge is 2.25. The molecule has 1 saturated heterocycles. The number of likely N-dealkylation sites (tertiary alicyclic amines) is 1. The standard InChI is InChI=1S/C15H22N2O3/c1-19-15(18)12-6-8-17(9-7-12)10-11-20-14-4-2-13(16)3-5-14/h2-5,12H,6-11,16H2,1H3. The van der Waals surface area contributed by atoms with Crippen LogP contribution in [0.4, 0.5) is 5.69 Å². The molecule has 2 rings (SSSR count). The SMILES string of the molecule is COC(=O)C1CCN(CCOc2ccc(N)cc2)CC1. The summed E-state index contributed by atoms with van der Waals surface area (Å²) >= 11 is 0. The quantitative estimate of drug-likeness (QED) is 0.653. The smallest absolute Gasteiger partial charge is 0.308 e. The average molecular weight is 278 g/mol. The van der Waals surface area contributed by atoms with Crippen molar-refractivity contribution in [3.8, 4) is 5.75 Å². The molecule has 0 radical (unpaired) electrons. The minimum atomic E-state index is -0.0808. The summed E-state index contributed by atoms with van der Waals surface area (Å²) < 4.78 is 10.5. The Morgan fingerprint density at radius 2 is 1.95 bits per heavy atom. The number of hydrogen-bond donors (Lipinski definition) is 1. The highest BCUT2D eigenvalue weighted by molar-refractivity contribution is 5.72. The number of rotatable bonds is 5. The van der Waals surface area contributed by atoms with Crippen LogP contribution in [0.25, 0.3) is 0 Å². The van der Waals surface area contributed by atoms with Gasteiger partial charge in [0.25, 0.3) is 0 Å². The molecule has 0 atom stereocenters. The van der Waals surface area contributed by atoms with E-state index < -0.39 is 0 Å². The van der Waals surface area contributed by atoms with E-state index in [0.29, 0.717) is 6.61 Å². The molecule has 1 aliphatic heterocycles. The van der Waals surface area contributed by atoms with Crippen molar-refractivity contribution in [2.45, 2.75) is 12.8 Å². The molecule has 5 heteroatoms. The van der Waals surface area contributed by atoms with Gasteiger partial charge in [-0.05, 0) is 50.2 Å². The summed E-state index contributed by atoms with van der Waals surface area (Å²) in [7, 11) is 1.45. The zero-order chi connectivity index (χ0) is 14.4. The van der Waals surface area contributed by atoms with Crippen LogP contribution in [0.3, 0.4) is 0 Å². The second kappa shape index (κ2) is 7.14. The third-order valence-corrected chi connectivity index (χ3v) is 3.68. The van der Waals surface area contributed by atoms with Crippen molar-refractivity contribution in [3.63, 3.8) is 0 Å². The van der Waals surface area contributed by atoms with Gasteiger partial charge in [-0.2, -0.15) is 0 Å². The number of nitrogens with zero attached hydrogens (tertiary/aromatic N) is 1. The first-order chi connectivity index (χ1) is 9.69. The predicted molar refractivity (Wildman–Crippen MR) is 77.5 cm³/mol. The van der Waals surface area contributed by atoms with Gasteiger partial charge in [-0.25, -0.2) is 0 Å². The summed E-state index contributed by atoms with van der Waals surface area (Å²) in [5, 5.41) is 0. The van der Waals surface area contributed by atoms with E-state index in [1.165, 1.54) is 7.11 Å². The molecule has 2 N–H and O–H groups in total. The molecule has 0 bridgehead atoms. The molecule has 0 aromatic heterocycles. The number of piperidine rings is 1. The van der Waals surface area contributed by atoms with Crippen molar-refractivity contribution in [2.75, 3.05) is 39.1 Å². The van der Waals surface area contributed by atoms with Gasteiger partial charge in [0.15, 0.2) is 0 Å². The topological polar surface area (TPSA) is 64.8 Å². The van der Waals surface area contributed by atoms with Crippen molar-refractivity contribution in [3.05, 3.63) is 24.3 Å². The summed E-state index contributed by atoms with van der Waals surface area (Å²) in [6.07, 6.45) is 1.74. The lowest BCUT2D eigenvalue weighted by Gasteiger charge is -2.30. The number of carbonyl (C=O) groups excluding carboxylic acids is 1. The summed E-state index contributed by atoms with van der Waals surface area (Å²) in [4.78, 5) is 13.7. The number of nitrogens with two attached hydrogens (primary N) is 1. The van der Waals surface area contributed by atoms with Crippen LogP contribution in [-0.4, -0.2) is 44.2 Å². The number of ether oxygens (including phenoxy) is 2. The fraction of sp³-hybridized carbons (Fsp3) is 0.533. The van der Waals surface area contributed by atoms with Crippen molar-refractivity contribution < 1.29 is 14.3 Å². The van der Waals surface area contributed by atoms with E-state index in [1.807, 2.05) is 24.3 Å². The first-order valence-corrected chi connectivity index (χ1v) is 6.97. The van der Waals surface area contributed by atoms with E-state index in [9.17, 15) is 4.79 Å². The molecule has 0 aliphatic carbocycles. The fourth-order valence-corrected chi connectivity index (χ4v) is 2.42. The summed E-state index contributed by atoms with van der Waals surface area (Å²) in [5.74, 6) is 0.820. The van der Waals surface area contributed by atoms with Gasteiger partial charge in [0.1, 0.15) is 12.4 Å². The Morgan fingerprint density at radius 3 is 2.55 bits per heavy atom. The van der Waals surface area contributed by atoms with Gasteiger partial charge >= 0.3 is 5.97 Å². The summed E-state index contributed by atoms with van der Waals surface area (Å²) in [6.45, 7) is 3.36. The van der Waals surface area contributed by atoms with E-state index in [0.717, 1.165) is 43.9 Å². The molecule has 1 heterocycles. The maximum Gasteiger partial charge on any atom is 0.308 e. The Morgan fingerprint density at radius 1 is 1.30 bits per heavy atom. The van der Waals surface area contributed by atoms with E-state index in [1.54, 1.807) is 0 Å². The normalized spacial score (nSPS) is 16.9. The van der Waals surface area contributed by atoms with Gasteiger partial charge < -0.3 is 15.2 Å². The molecular weight excluding hydrogens is 256 g/mol. The van der Waals surface area contributed by atoms with Gasteiger partial charge in [-0.3, -0.25) is 9.69 Å². The number of hydrogen-bond acceptors (Lipinski definition) is 5. The Hall–Kier alpha value is -1.75. The van der Waals surface area contributed by atoms with Crippen LogP contribution in [0.5, 0.6) is 5.75 Å². The monoisotopic (exact) mass is 278 g/mol. The predicted octanol–water partition coefficient (Wildman–Crippen LogP) is 1.53. The van der Waals surface area contributed by atoms with E-state index in [-0.39, 0.29) is 11.9 Å². The van der Waals surface area contributed by atoms with Crippen LogP contribution >= 0.6 is 0 Å². The Balaban J connectivity index is 1.66. The Labute approximate surface area is 119 Å². The lowest BCUT2D eigenvalue weighted by Crippen LogP contribution is -2.38. The lowest BCUT2D eigenvalue weighted by molar-refractivity contribution is -0.147. The maximum absolute atomic E-state index is 11.4. The molecule has 20 heavy (non-hydrogen) atoms. The molecule has 5 nitrogen and oxygen atoms in total. The van der Waals surface area contributed by atoms with Crippen LogP contribution in [0, 0.1) is 5.92 Å². The largest absolute Gasteiger partial charge is 0.492 e. The molecule has 1 aliphatic rings. The lowest BCUT2D eigenvalue weighted by atomic mass is 9.97. The minimum Gasteiger partial charge on any atom is -0.492 e. The number of benzene rings is 1. The number of anilines is 1. The number of carbonyl (C=O) groups is 1. The highest BCUT2D eigenvalue weighted by Crippen LogP contribution is 2.18. The number of methoxy groups -OCH3 is 1. The van der Waals surface area contributed by atoms with Crippen molar-refractivity contribution >= 4 is 11.7 Å². The van der Waals surface area contributed by atoms with Crippen LogP contribution in [0.2, 0.25) is 0 Å². The first kappa shape index (κ1) is 14.7. The minimum absolute atomic E-state index is 0.0641. The second-order valence-electron chi connectivity index (χ2n) is 5.06. The first-order valence-electron chi connectivity index (χ1n) is 6.97. The van der Waals surface area contributed by atoms with E-state index >= 15 is 0 Å². The van der Waals surface area contributed by atoms with Crippen LogP contribution in [-0.2, 0) is 9.53 Å². The molecule has 1 aromatic carbocycles. The van der Waals surface area contributed by atoms with Gasteiger partial charge in [0, 0.05) is 12.2 Å². The molecule has 0 spiro atoms. The number of nitrogen functional groups attached to an aromatic ring is 1. The summed E-state index contributed by atoms with van der Waals surface area (Å²) in [6, 6.07) is 7.41. The third-order valence-electron chi connectivity index (χ3n) is 3.68. The van der Waals surface area contributed by atoms with E-state index in [2.05, 4.69) is 4.90 Å². The van der Waals surface area contributed by atoms with Gasteiger partial charge in [0.05, 0.1) is 13.0 Å². The molecule has 1 fully saturated rings. The van der Waals surface area contributed by atoms with Crippen molar-refractivity contribution in [1.29, 1.82) is 0 Å². The van der Waals surface area contributed by atoms with E-state index in [4.69, 9.17) is 15.2 Å². The van der Waals surface area contributed by atoms with Gasteiger partial charge in [0.2, 0.25) is 0 Å². The molecule has 0 saturated carbocycles. The highest BCUT2D eigenvalue weighted by atomic mass is 16.5. The van der Waals surface area contributed by atoms with Gasteiger partial charge in [-0.15, -0.1) is 0 Å². The van der Waals surface area contributed by atoms with Crippen molar-refractivity contribution in [2.24, 2.45) is 5.92 Å². The van der Waals surface area contributed by atoms with Crippen LogP contribution in [0.1, 0.15) is 12.8 Å². The maximum atomic E-state index is 11.4. The third kappa shape index (κ3) is 4.13. The summed E-state index contributed by atoms with van der Waals surface area (Å²) in [5.41, 5.74) is 6.36. The average Bonchev–Trinajstić information content (AvgIpc) is 2.49. The van der Waals surface area contributed by atoms with Crippen LogP contribution < -0.4 is 10.5 Å². The zero-order valence-electron chi connectivity index (χ0n) is 11.9. The fourth-order valence-electron chi connectivity index (χ4n) is 2.42. The Kier molecular flexibility index (Phi) is 5.24. The Bertz CT molecular complexity index is 425. The number of esters is 1. The molecular formula is C15H22N2O3.